The summed E-state index contributed by atoms with van der Waals surface area (Å²) < 4.78 is 1.39. The quantitative estimate of drug-likeness (QED) is 0.669. The van der Waals surface area contributed by atoms with E-state index in [4.69, 9.17) is 11.6 Å². The van der Waals surface area contributed by atoms with Crippen LogP contribution < -0.4 is 0 Å². The molecular formula is C14H9ClN2O. The minimum Gasteiger partial charge on any atom is -0.267 e. The number of fused-ring (bicyclic) bond motifs is 1. The summed E-state index contributed by atoms with van der Waals surface area (Å²) >= 11 is 5.89. The molecule has 0 aliphatic heterocycles. The lowest BCUT2D eigenvalue weighted by Gasteiger charge is -2.02. The summed E-state index contributed by atoms with van der Waals surface area (Å²) in [6.45, 7) is 0. The summed E-state index contributed by atoms with van der Waals surface area (Å²) in [4.78, 5) is 12.3. The molecule has 4 heteroatoms. The molecule has 1 heterocycles. The molecule has 3 aromatic rings. The molecule has 88 valence electrons. The van der Waals surface area contributed by atoms with E-state index in [1.54, 1.807) is 30.5 Å². The third-order valence-electron chi connectivity index (χ3n) is 2.74. The van der Waals surface area contributed by atoms with E-state index in [0.29, 0.717) is 10.6 Å². The standard InChI is InChI=1S/C14H9ClN2O/c15-12-6-3-5-10(8-12)14(18)17-13-7-2-1-4-11(13)9-16-17/h1-9H. The minimum atomic E-state index is -0.182. The van der Waals surface area contributed by atoms with Crippen LogP contribution in [0, 0.1) is 0 Å². The second-order valence-electron chi connectivity index (χ2n) is 3.93. The van der Waals surface area contributed by atoms with Crippen LogP contribution in [0.4, 0.5) is 0 Å². The van der Waals surface area contributed by atoms with E-state index in [-0.39, 0.29) is 5.91 Å². The molecule has 2 aromatic carbocycles. The van der Waals surface area contributed by atoms with Crippen LogP contribution in [0.5, 0.6) is 0 Å². The topological polar surface area (TPSA) is 34.9 Å². The fourth-order valence-electron chi connectivity index (χ4n) is 1.88. The molecule has 0 N–H and O–H groups in total. The van der Waals surface area contributed by atoms with Crippen molar-refractivity contribution in [3.63, 3.8) is 0 Å². The van der Waals surface area contributed by atoms with E-state index in [1.165, 1.54) is 4.68 Å². The van der Waals surface area contributed by atoms with Crippen molar-refractivity contribution < 1.29 is 4.79 Å². The molecule has 3 rings (SSSR count). The smallest absolute Gasteiger partial charge is 0.267 e. The Bertz CT molecular complexity index is 733. The lowest BCUT2D eigenvalue weighted by molar-refractivity contribution is 0.0950. The Balaban J connectivity index is 2.12. The van der Waals surface area contributed by atoms with Crippen LogP contribution in [-0.2, 0) is 0 Å². The molecule has 0 saturated heterocycles. The first-order chi connectivity index (χ1) is 8.75. The van der Waals surface area contributed by atoms with Crippen molar-refractivity contribution in [2.75, 3.05) is 0 Å². The number of nitrogens with zero attached hydrogens (tertiary/aromatic N) is 2. The largest absolute Gasteiger partial charge is 0.278 e. The number of hydrogen-bond acceptors (Lipinski definition) is 2. The molecule has 0 saturated carbocycles. The van der Waals surface area contributed by atoms with Gasteiger partial charge in [0.2, 0.25) is 0 Å². The van der Waals surface area contributed by atoms with E-state index in [2.05, 4.69) is 5.10 Å². The summed E-state index contributed by atoms with van der Waals surface area (Å²) in [6, 6.07) is 14.4. The van der Waals surface area contributed by atoms with Gasteiger partial charge >= 0.3 is 0 Å². The number of carbonyl (C=O) groups excluding carboxylic acids is 1. The summed E-state index contributed by atoms with van der Waals surface area (Å²) in [6.07, 6.45) is 1.68. The predicted octanol–water partition coefficient (Wildman–Crippen LogP) is 3.38. The van der Waals surface area contributed by atoms with Crippen molar-refractivity contribution in [3.8, 4) is 0 Å². The fourth-order valence-corrected chi connectivity index (χ4v) is 2.07. The average Bonchev–Trinajstić information content (AvgIpc) is 2.82. The molecule has 0 unspecified atom stereocenters. The summed E-state index contributed by atoms with van der Waals surface area (Å²) in [5.41, 5.74) is 1.32. The van der Waals surface area contributed by atoms with Gasteiger partial charge in [-0.25, -0.2) is 0 Å². The Morgan fingerprint density at radius 1 is 1.11 bits per heavy atom. The molecule has 0 bridgehead atoms. The summed E-state index contributed by atoms with van der Waals surface area (Å²) in [5.74, 6) is -0.182. The predicted molar refractivity (Wildman–Crippen MR) is 70.9 cm³/mol. The molecule has 0 spiro atoms. The van der Waals surface area contributed by atoms with E-state index >= 15 is 0 Å². The zero-order valence-corrected chi connectivity index (χ0v) is 10.1. The van der Waals surface area contributed by atoms with Gasteiger partial charge in [-0.2, -0.15) is 9.78 Å². The van der Waals surface area contributed by atoms with Gasteiger partial charge in [-0.05, 0) is 24.3 Å². The molecule has 0 amide bonds. The number of hydrogen-bond donors (Lipinski definition) is 0. The average molecular weight is 257 g/mol. The molecule has 0 atom stereocenters. The van der Waals surface area contributed by atoms with Crippen molar-refractivity contribution in [2.24, 2.45) is 0 Å². The molecule has 18 heavy (non-hydrogen) atoms. The van der Waals surface area contributed by atoms with Crippen LogP contribution in [0.3, 0.4) is 0 Å². The first-order valence-electron chi connectivity index (χ1n) is 5.49. The number of para-hydroxylation sites is 1. The van der Waals surface area contributed by atoms with Gasteiger partial charge < -0.3 is 0 Å². The zero-order valence-electron chi connectivity index (χ0n) is 9.38. The first kappa shape index (κ1) is 11.0. The molecule has 1 aromatic heterocycles. The van der Waals surface area contributed by atoms with Crippen molar-refractivity contribution in [2.45, 2.75) is 0 Å². The Labute approximate surface area is 109 Å². The van der Waals surface area contributed by atoms with Crippen LogP contribution in [0.1, 0.15) is 10.4 Å². The molecule has 0 aliphatic carbocycles. The van der Waals surface area contributed by atoms with Crippen LogP contribution in [-0.4, -0.2) is 15.7 Å². The number of aromatic nitrogens is 2. The van der Waals surface area contributed by atoms with Crippen molar-refractivity contribution in [1.29, 1.82) is 0 Å². The highest BCUT2D eigenvalue weighted by molar-refractivity contribution is 6.31. The SMILES string of the molecule is O=C(c1cccc(Cl)c1)n1ncc2ccccc21. The highest BCUT2D eigenvalue weighted by Crippen LogP contribution is 2.16. The maximum absolute atomic E-state index is 12.3. The third kappa shape index (κ3) is 1.79. The van der Waals surface area contributed by atoms with Gasteiger partial charge in [0.05, 0.1) is 11.7 Å². The third-order valence-corrected chi connectivity index (χ3v) is 2.98. The van der Waals surface area contributed by atoms with Gasteiger partial charge in [0.25, 0.3) is 5.91 Å². The molecule has 0 aliphatic rings. The van der Waals surface area contributed by atoms with Crippen molar-refractivity contribution in [3.05, 3.63) is 65.3 Å². The van der Waals surface area contributed by atoms with Crippen molar-refractivity contribution >= 4 is 28.4 Å². The molecule has 0 radical (unpaired) electrons. The van der Waals surface area contributed by atoms with E-state index in [1.807, 2.05) is 24.3 Å². The number of benzene rings is 2. The molecular weight excluding hydrogens is 248 g/mol. The molecule has 0 fully saturated rings. The maximum Gasteiger partial charge on any atom is 0.278 e. The zero-order chi connectivity index (χ0) is 12.5. The van der Waals surface area contributed by atoms with Crippen LogP contribution in [0.15, 0.2) is 54.7 Å². The Kier molecular flexibility index (Phi) is 2.61. The van der Waals surface area contributed by atoms with Gasteiger partial charge in [-0.3, -0.25) is 4.79 Å². The van der Waals surface area contributed by atoms with Gasteiger partial charge in [0, 0.05) is 16.0 Å². The number of rotatable bonds is 1. The maximum atomic E-state index is 12.3. The van der Waals surface area contributed by atoms with Gasteiger partial charge in [-0.15, -0.1) is 0 Å². The highest BCUT2D eigenvalue weighted by atomic mass is 35.5. The molecule has 3 nitrogen and oxygen atoms in total. The second-order valence-corrected chi connectivity index (χ2v) is 4.37. The van der Waals surface area contributed by atoms with Gasteiger partial charge in [-0.1, -0.05) is 35.9 Å². The van der Waals surface area contributed by atoms with Crippen molar-refractivity contribution in [1.82, 2.24) is 9.78 Å². The minimum absolute atomic E-state index is 0.182. The van der Waals surface area contributed by atoms with E-state index in [9.17, 15) is 4.79 Å². The number of halogens is 1. The van der Waals surface area contributed by atoms with E-state index in [0.717, 1.165) is 10.9 Å². The Morgan fingerprint density at radius 3 is 2.78 bits per heavy atom. The number of carbonyl (C=O) groups is 1. The van der Waals surface area contributed by atoms with Crippen LogP contribution in [0.25, 0.3) is 10.9 Å². The second kappa shape index (κ2) is 4.27. The van der Waals surface area contributed by atoms with E-state index < -0.39 is 0 Å². The highest BCUT2D eigenvalue weighted by Gasteiger charge is 2.12. The van der Waals surface area contributed by atoms with Crippen LogP contribution >= 0.6 is 11.6 Å². The summed E-state index contributed by atoms with van der Waals surface area (Å²) in [5, 5.41) is 5.60. The Morgan fingerprint density at radius 2 is 1.94 bits per heavy atom. The summed E-state index contributed by atoms with van der Waals surface area (Å²) in [7, 11) is 0. The first-order valence-corrected chi connectivity index (χ1v) is 5.86. The normalized spacial score (nSPS) is 10.7. The lowest BCUT2D eigenvalue weighted by atomic mass is 10.2. The lowest BCUT2D eigenvalue weighted by Crippen LogP contribution is -2.13. The van der Waals surface area contributed by atoms with Gasteiger partial charge in [0.1, 0.15) is 0 Å². The van der Waals surface area contributed by atoms with Gasteiger partial charge in [0.15, 0.2) is 0 Å². The fraction of sp³-hybridized carbons (Fsp3) is 0. The monoisotopic (exact) mass is 256 g/mol. The van der Waals surface area contributed by atoms with Crippen LogP contribution in [0.2, 0.25) is 5.02 Å². The Hall–Kier alpha value is -2.13.